The summed E-state index contributed by atoms with van der Waals surface area (Å²) in [5.41, 5.74) is 9.41. The number of benzene rings is 1. The highest BCUT2D eigenvalue weighted by molar-refractivity contribution is 5.45. The van der Waals surface area contributed by atoms with E-state index in [2.05, 4.69) is 25.1 Å². The minimum atomic E-state index is 0.119. The second-order valence-electron chi connectivity index (χ2n) is 6.13. The first-order chi connectivity index (χ1) is 8.71. The molecule has 2 aliphatic rings. The molecule has 1 aliphatic heterocycles. The first-order valence-electron chi connectivity index (χ1n) is 7.21. The molecule has 1 unspecified atom stereocenters. The molecule has 0 bridgehead atoms. The predicted octanol–water partition coefficient (Wildman–Crippen LogP) is 3.59. The fourth-order valence-corrected chi connectivity index (χ4v) is 3.53. The maximum absolute atomic E-state index is 6.58. The van der Waals surface area contributed by atoms with Crippen LogP contribution in [0.25, 0.3) is 0 Å². The van der Waals surface area contributed by atoms with Gasteiger partial charge in [-0.15, -0.1) is 0 Å². The Labute approximate surface area is 110 Å². The average molecular weight is 245 g/mol. The van der Waals surface area contributed by atoms with Crippen LogP contribution < -0.4 is 10.5 Å². The second-order valence-corrected chi connectivity index (χ2v) is 6.13. The van der Waals surface area contributed by atoms with E-state index in [9.17, 15) is 0 Å². The fourth-order valence-electron chi connectivity index (χ4n) is 3.53. The molecular formula is C16H23NO. The summed E-state index contributed by atoms with van der Waals surface area (Å²) in [4.78, 5) is 0. The van der Waals surface area contributed by atoms with Gasteiger partial charge in [0.05, 0.1) is 6.61 Å². The quantitative estimate of drug-likeness (QED) is 0.864. The summed E-state index contributed by atoms with van der Waals surface area (Å²) in [5, 5.41) is 0. The Morgan fingerprint density at radius 1 is 1.22 bits per heavy atom. The van der Waals surface area contributed by atoms with Crippen molar-refractivity contribution < 1.29 is 4.74 Å². The summed E-state index contributed by atoms with van der Waals surface area (Å²) in [5.74, 6) is 1.09. The normalized spacial score (nSPS) is 23.2. The van der Waals surface area contributed by atoms with Crippen molar-refractivity contribution in [1.82, 2.24) is 0 Å². The predicted molar refractivity (Wildman–Crippen MR) is 73.8 cm³/mol. The monoisotopic (exact) mass is 245 g/mol. The minimum Gasteiger partial charge on any atom is -0.493 e. The molecule has 0 aromatic heterocycles. The van der Waals surface area contributed by atoms with Gasteiger partial charge >= 0.3 is 0 Å². The van der Waals surface area contributed by atoms with Gasteiger partial charge in [-0.1, -0.05) is 38.0 Å². The van der Waals surface area contributed by atoms with Crippen molar-refractivity contribution in [3.63, 3.8) is 0 Å². The zero-order chi connectivity index (χ0) is 12.6. The molecular weight excluding hydrogens is 222 g/mol. The number of rotatable bonds is 2. The second kappa shape index (κ2) is 4.58. The van der Waals surface area contributed by atoms with E-state index in [1.54, 1.807) is 0 Å². The molecule has 98 valence electrons. The van der Waals surface area contributed by atoms with Crippen molar-refractivity contribution in [1.29, 1.82) is 0 Å². The highest BCUT2D eigenvalue weighted by Gasteiger charge is 2.37. The Kier molecular flexibility index (Phi) is 3.06. The summed E-state index contributed by atoms with van der Waals surface area (Å²) in [6.45, 7) is 3.18. The van der Waals surface area contributed by atoms with Crippen LogP contribution in [0.1, 0.15) is 56.2 Å². The Morgan fingerprint density at radius 3 is 2.78 bits per heavy atom. The van der Waals surface area contributed by atoms with Crippen molar-refractivity contribution >= 4 is 0 Å². The van der Waals surface area contributed by atoms with E-state index >= 15 is 0 Å². The molecule has 1 atom stereocenters. The van der Waals surface area contributed by atoms with Crippen molar-refractivity contribution in [2.24, 2.45) is 11.1 Å². The summed E-state index contributed by atoms with van der Waals surface area (Å²) >= 11 is 0. The minimum absolute atomic E-state index is 0.119. The van der Waals surface area contributed by atoms with E-state index in [-0.39, 0.29) is 11.5 Å². The number of nitrogens with two attached hydrogens (primary N) is 1. The van der Waals surface area contributed by atoms with Crippen molar-refractivity contribution in [3.05, 3.63) is 29.3 Å². The van der Waals surface area contributed by atoms with Gasteiger partial charge in [-0.2, -0.15) is 0 Å². The molecule has 18 heavy (non-hydrogen) atoms. The van der Waals surface area contributed by atoms with E-state index in [1.807, 2.05) is 0 Å². The van der Waals surface area contributed by atoms with Crippen LogP contribution in [-0.2, 0) is 6.42 Å². The van der Waals surface area contributed by atoms with Crippen LogP contribution in [0.15, 0.2) is 18.2 Å². The van der Waals surface area contributed by atoms with E-state index in [4.69, 9.17) is 10.5 Å². The van der Waals surface area contributed by atoms with Crippen molar-refractivity contribution in [3.8, 4) is 5.75 Å². The van der Waals surface area contributed by atoms with Gasteiger partial charge in [-0.25, -0.2) is 0 Å². The van der Waals surface area contributed by atoms with Gasteiger partial charge < -0.3 is 10.5 Å². The lowest BCUT2D eigenvalue weighted by Crippen LogP contribution is -2.30. The van der Waals surface area contributed by atoms with Crippen LogP contribution in [0.3, 0.4) is 0 Å². The maximum Gasteiger partial charge on any atom is 0.127 e. The summed E-state index contributed by atoms with van der Waals surface area (Å²) < 4.78 is 5.90. The van der Waals surface area contributed by atoms with Crippen LogP contribution >= 0.6 is 0 Å². The zero-order valence-corrected chi connectivity index (χ0v) is 11.2. The Balaban J connectivity index is 1.96. The van der Waals surface area contributed by atoms with Crippen LogP contribution in [-0.4, -0.2) is 6.61 Å². The van der Waals surface area contributed by atoms with E-state index in [0.717, 1.165) is 25.2 Å². The van der Waals surface area contributed by atoms with Crippen LogP contribution in [0, 0.1) is 5.41 Å². The first kappa shape index (κ1) is 12.0. The fraction of sp³-hybridized carbons (Fsp3) is 0.625. The summed E-state index contributed by atoms with van der Waals surface area (Å²) in [6.07, 6.45) is 7.39. The molecule has 0 amide bonds. The smallest absolute Gasteiger partial charge is 0.127 e. The lowest BCUT2D eigenvalue weighted by molar-refractivity contribution is 0.244. The molecule has 0 radical (unpaired) electrons. The third-order valence-electron chi connectivity index (χ3n) is 4.80. The standard InChI is InChI=1S/C16H23NO/c1-16(9-2-3-10-16)15(17)13-8-4-6-12-7-5-11-18-14(12)13/h4,6,8,15H,2-3,5,7,9-11,17H2,1H3. The average Bonchev–Trinajstić information content (AvgIpc) is 2.85. The molecule has 2 heteroatoms. The Hall–Kier alpha value is -1.02. The largest absolute Gasteiger partial charge is 0.493 e. The molecule has 0 spiro atoms. The Morgan fingerprint density at radius 2 is 2.00 bits per heavy atom. The third-order valence-corrected chi connectivity index (χ3v) is 4.80. The van der Waals surface area contributed by atoms with Crippen LogP contribution in [0.4, 0.5) is 0 Å². The number of fused-ring (bicyclic) bond motifs is 1. The highest BCUT2D eigenvalue weighted by atomic mass is 16.5. The first-order valence-corrected chi connectivity index (χ1v) is 7.21. The summed E-state index contributed by atoms with van der Waals surface area (Å²) in [7, 11) is 0. The van der Waals surface area contributed by atoms with Crippen molar-refractivity contribution in [2.45, 2.75) is 51.5 Å². The van der Waals surface area contributed by atoms with Gasteiger partial charge in [0.1, 0.15) is 5.75 Å². The number of aryl methyl sites for hydroxylation is 1. The lowest BCUT2D eigenvalue weighted by atomic mass is 9.77. The molecule has 2 nitrogen and oxygen atoms in total. The van der Waals surface area contributed by atoms with Crippen LogP contribution in [0.2, 0.25) is 0 Å². The number of para-hydroxylation sites is 1. The highest BCUT2D eigenvalue weighted by Crippen LogP contribution is 2.48. The maximum atomic E-state index is 6.58. The molecule has 1 aromatic carbocycles. The van der Waals surface area contributed by atoms with Gasteiger partial charge in [-0.05, 0) is 36.7 Å². The van der Waals surface area contributed by atoms with Gasteiger partial charge in [0.2, 0.25) is 0 Å². The molecule has 1 fully saturated rings. The molecule has 1 aromatic rings. The lowest BCUT2D eigenvalue weighted by Gasteiger charge is -2.33. The van der Waals surface area contributed by atoms with Crippen molar-refractivity contribution in [2.75, 3.05) is 6.61 Å². The topological polar surface area (TPSA) is 35.2 Å². The number of ether oxygens (including phenoxy) is 1. The third kappa shape index (κ3) is 1.93. The van der Waals surface area contributed by atoms with Gasteiger partial charge in [0.25, 0.3) is 0 Å². The van der Waals surface area contributed by atoms with E-state index < -0.39 is 0 Å². The molecule has 1 saturated carbocycles. The Bertz CT molecular complexity index is 435. The summed E-state index contributed by atoms with van der Waals surface area (Å²) in [6, 6.07) is 6.61. The molecule has 1 heterocycles. The van der Waals surface area contributed by atoms with Crippen LogP contribution in [0.5, 0.6) is 5.75 Å². The molecule has 2 N–H and O–H groups in total. The SMILES string of the molecule is CC1(C(N)c2cccc3c2OCCC3)CCCC1. The molecule has 1 aliphatic carbocycles. The molecule has 0 saturated heterocycles. The van der Waals surface area contributed by atoms with Gasteiger partial charge in [0, 0.05) is 11.6 Å². The number of hydrogen-bond acceptors (Lipinski definition) is 2. The number of hydrogen-bond donors (Lipinski definition) is 1. The molecule has 3 rings (SSSR count). The van der Waals surface area contributed by atoms with E-state index in [1.165, 1.54) is 36.8 Å². The zero-order valence-electron chi connectivity index (χ0n) is 11.2. The van der Waals surface area contributed by atoms with Gasteiger partial charge in [-0.3, -0.25) is 0 Å². The van der Waals surface area contributed by atoms with Gasteiger partial charge in [0.15, 0.2) is 0 Å². The van der Waals surface area contributed by atoms with E-state index in [0.29, 0.717) is 0 Å².